The van der Waals surface area contributed by atoms with Crippen LogP contribution < -0.4 is 10.5 Å². The number of aromatic nitrogens is 4. The largest absolute Gasteiger partial charge is 0.341 e. The summed E-state index contributed by atoms with van der Waals surface area (Å²) >= 11 is 0. The van der Waals surface area contributed by atoms with Crippen LogP contribution in [0.2, 0.25) is 0 Å². The zero-order chi connectivity index (χ0) is 16.7. The molecule has 0 N–H and O–H groups in total. The van der Waals surface area contributed by atoms with Crippen LogP contribution in [-0.4, -0.2) is 32.2 Å². The Balaban J connectivity index is 1.54. The summed E-state index contributed by atoms with van der Waals surface area (Å²) in [4.78, 5) is 23.7. The van der Waals surface area contributed by atoms with Crippen molar-refractivity contribution in [3.05, 3.63) is 52.8 Å². The van der Waals surface area contributed by atoms with Crippen molar-refractivity contribution in [1.82, 2.24) is 19.1 Å². The molecule has 6 heteroatoms. The lowest BCUT2D eigenvalue weighted by Gasteiger charge is -2.40. The van der Waals surface area contributed by atoms with Crippen molar-refractivity contribution in [3.8, 4) is 0 Å². The highest BCUT2D eigenvalue weighted by Gasteiger charge is 2.30. The van der Waals surface area contributed by atoms with Gasteiger partial charge in [0.05, 0.1) is 10.9 Å². The second kappa shape index (κ2) is 5.78. The Morgan fingerprint density at radius 2 is 2.04 bits per heavy atom. The molecule has 0 amide bonds. The molecule has 1 aliphatic heterocycles. The van der Waals surface area contributed by atoms with E-state index in [4.69, 9.17) is 4.98 Å². The number of para-hydroxylation sites is 1. The Hall–Kier alpha value is -2.63. The van der Waals surface area contributed by atoms with Gasteiger partial charge >= 0.3 is 0 Å². The van der Waals surface area contributed by atoms with E-state index in [2.05, 4.69) is 21.4 Å². The number of fused-ring (bicyclic) bond motifs is 1. The Morgan fingerprint density at radius 1 is 1.25 bits per heavy atom. The molecule has 0 unspecified atom stereocenters. The highest BCUT2D eigenvalue weighted by molar-refractivity contribution is 5.78. The molecule has 1 fully saturated rings. The highest BCUT2D eigenvalue weighted by Crippen LogP contribution is 2.24. The maximum atomic E-state index is 12.5. The van der Waals surface area contributed by atoms with Gasteiger partial charge in [0.25, 0.3) is 5.56 Å². The van der Waals surface area contributed by atoms with Gasteiger partial charge in [0.1, 0.15) is 5.82 Å². The van der Waals surface area contributed by atoms with Gasteiger partial charge in [0.2, 0.25) is 5.95 Å². The first kappa shape index (κ1) is 14.9. The zero-order valence-corrected chi connectivity index (χ0v) is 14.0. The van der Waals surface area contributed by atoms with Gasteiger partial charge in [0.15, 0.2) is 0 Å². The monoisotopic (exact) mass is 323 g/mol. The fourth-order valence-corrected chi connectivity index (χ4v) is 3.44. The number of rotatable bonds is 4. The van der Waals surface area contributed by atoms with Crippen molar-refractivity contribution in [2.24, 2.45) is 13.0 Å². The van der Waals surface area contributed by atoms with Crippen molar-refractivity contribution in [2.45, 2.75) is 19.9 Å². The first-order chi connectivity index (χ1) is 11.7. The van der Waals surface area contributed by atoms with Gasteiger partial charge in [-0.05, 0) is 12.1 Å². The van der Waals surface area contributed by atoms with Crippen LogP contribution >= 0.6 is 0 Å². The predicted octanol–water partition coefficient (Wildman–Crippen LogP) is 1.83. The van der Waals surface area contributed by atoms with Gasteiger partial charge in [-0.15, -0.1) is 0 Å². The van der Waals surface area contributed by atoms with E-state index >= 15 is 0 Å². The Kier molecular flexibility index (Phi) is 3.59. The van der Waals surface area contributed by atoms with Gasteiger partial charge in [-0.3, -0.25) is 9.36 Å². The van der Waals surface area contributed by atoms with Crippen LogP contribution in [0.25, 0.3) is 10.9 Å². The third kappa shape index (κ3) is 2.38. The number of aryl methyl sites for hydroxylation is 1. The van der Waals surface area contributed by atoms with Gasteiger partial charge in [-0.2, -0.15) is 0 Å². The summed E-state index contributed by atoms with van der Waals surface area (Å²) in [5.41, 5.74) is 0.781. The molecule has 2 aromatic heterocycles. The Bertz CT molecular complexity index is 936. The average molecular weight is 323 g/mol. The summed E-state index contributed by atoms with van der Waals surface area (Å²) in [7, 11) is 1.80. The van der Waals surface area contributed by atoms with E-state index in [-0.39, 0.29) is 5.56 Å². The molecule has 1 aromatic carbocycles. The standard InChI is InChI=1S/C18H21N5O/c1-3-16-19-8-9-22(16)10-13-11-23(12-13)18-20-15-7-5-4-6-14(15)17(24)21(18)2/h4-9,13H,3,10-12H2,1-2H3. The third-order valence-corrected chi connectivity index (χ3v) is 4.77. The number of hydrogen-bond donors (Lipinski definition) is 0. The molecule has 6 nitrogen and oxygen atoms in total. The van der Waals surface area contributed by atoms with Crippen LogP contribution in [0.15, 0.2) is 41.5 Å². The van der Waals surface area contributed by atoms with Crippen molar-refractivity contribution in [1.29, 1.82) is 0 Å². The minimum atomic E-state index is 0.0157. The van der Waals surface area contributed by atoms with Gasteiger partial charge in [0, 0.05) is 51.4 Å². The molecule has 4 rings (SSSR count). The second-order valence-electron chi connectivity index (χ2n) is 6.41. The van der Waals surface area contributed by atoms with Crippen LogP contribution in [0.3, 0.4) is 0 Å². The molecule has 0 radical (unpaired) electrons. The molecular weight excluding hydrogens is 302 g/mol. The molecule has 1 aliphatic rings. The molecule has 0 saturated carbocycles. The summed E-state index contributed by atoms with van der Waals surface area (Å²) in [5.74, 6) is 2.45. The Morgan fingerprint density at radius 3 is 2.83 bits per heavy atom. The lowest BCUT2D eigenvalue weighted by molar-refractivity contribution is 0.345. The van der Waals surface area contributed by atoms with E-state index in [1.54, 1.807) is 11.6 Å². The lowest BCUT2D eigenvalue weighted by Crippen LogP contribution is -2.50. The zero-order valence-electron chi connectivity index (χ0n) is 14.0. The van der Waals surface area contributed by atoms with E-state index in [1.807, 2.05) is 36.7 Å². The minimum absolute atomic E-state index is 0.0157. The van der Waals surface area contributed by atoms with Crippen LogP contribution in [0.5, 0.6) is 0 Å². The molecule has 0 bridgehead atoms. The van der Waals surface area contributed by atoms with E-state index in [0.29, 0.717) is 11.3 Å². The van der Waals surface area contributed by atoms with E-state index < -0.39 is 0 Å². The van der Waals surface area contributed by atoms with Crippen LogP contribution in [0.1, 0.15) is 12.7 Å². The maximum absolute atomic E-state index is 12.5. The smallest absolute Gasteiger partial charge is 0.262 e. The van der Waals surface area contributed by atoms with Crippen molar-refractivity contribution < 1.29 is 0 Å². The minimum Gasteiger partial charge on any atom is -0.341 e. The topological polar surface area (TPSA) is 56.0 Å². The van der Waals surface area contributed by atoms with Gasteiger partial charge in [-0.25, -0.2) is 9.97 Å². The summed E-state index contributed by atoms with van der Waals surface area (Å²) < 4.78 is 3.89. The molecular formula is C18H21N5O. The number of hydrogen-bond acceptors (Lipinski definition) is 4. The van der Waals surface area contributed by atoms with Gasteiger partial charge < -0.3 is 9.47 Å². The number of benzene rings is 1. The summed E-state index contributed by atoms with van der Waals surface area (Å²) in [6.45, 7) is 4.93. The first-order valence-corrected chi connectivity index (χ1v) is 8.38. The third-order valence-electron chi connectivity index (χ3n) is 4.77. The second-order valence-corrected chi connectivity index (χ2v) is 6.41. The van der Waals surface area contributed by atoms with Crippen LogP contribution in [-0.2, 0) is 20.0 Å². The number of nitrogens with zero attached hydrogens (tertiary/aromatic N) is 5. The fraction of sp³-hybridized carbons (Fsp3) is 0.389. The molecule has 1 saturated heterocycles. The number of imidazole rings is 1. The van der Waals surface area contributed by atoms with E-state index in [1.165, 1.54) is 0 Å². The highest BCUT2D eigenvalue weighted by atomic mass is 16.1. The SMILES string of the molecule is CCc1nccn1CC1CN(c2nc3ccccc3c(=O)n2C)C1. The van der Waals surface area contributed by atoms with Crippen molar-refractivity contribution in [2.75, 3.05) is 18.0 Å². The summed E-state index contributed by atoms with van der Waals surface area (Å²) in [6, 6.07) is 7.53. The van der Waals surface area contributed by atoms with Crippen LogP contribution in [0, 0.1) is 5.92 Å². The first-order valence-electron chi connectivity index (χ1n) is 8.38. The average Bonchev–Trinajstić information content (AvgIpc) is 3.01. The van der Waals surface area contributed by atoms with Crippen molar-refractivity contribution in [3.63, 3.8) is 0 Å². The molecule has 0 aliphatic carbocycles. The predicted molar refractivity (Wildman–Crippen MR) is 94.3 cm³/mol. The molecule has 3 heterocycles. The lowest BCUT2D eigenvalue weighted by atomic mass is 10.0. The fourth-order valence-electron chi connectivity index (χ4n) is 3.44. The molecule has 124 valence electrons. The van der Waals surface area contributed by atoms with E-state index in [0.717, 1.165) is 43.3 Å². The number of anilines is 1. The summed E-state index contributed by atoms with van der Waals surface area (Å²) in [6.07, 6.45) is 4.86. The van der Waals surface area contributed by atoms with Crippen LogP contribution in [0.4, 0.5) is 5.95 Å². The Labute approximate surface area is 140 Å². The maximum Gasteiger partial charge on any atom is 0.262 e. The molecule has 3 aromatic rings. The molecule has 0 atom stereocenters. The van der Waals surface area contributed by atoms with E-state index in [9.17, 15) is 4.79 Å². The quantitative estimate of drug-likeness (QED) is 0.735. The van der Waals surface area contributed by atoms with Crippen molar-refractivity contribution >= 4 is 16.9 Å². The molecule has 0 spiro atoms. The summed E-state index contributed by atoms with van der Waals surface area (Å²) in [5, 5.41) is 0.673. The normalized spacial score (nSPS) is 15.0. The van der Waals surface area contributed by atoms with Gasteiger partial charge in [-0.1, -0.05) is 19.1 Å². The molecule has 24 heavy (non-hydrogen) atoms.